The number of nitrogens with one attached hydrogen (secondary N) is 1. The number of hydrogen-bond donors (Lipinski definition) is 1. The monoisotopic (exact) mass is 229 g/mol. The lowest BCUT2D eigenvalue weighted by Gasteiger charge is -2.03. The van der Waals surface area contributed by atoms with Crippen molar-refractivity contribution in [3.05, 3.63) is 58.9 Å². The second kappa shape index (κ2) is 4.87. The normalized spacial score (nSPS) is 10.2. The van der Waals surface area contributed by atoms with Crippen molar-refractivity contribution in [3.8, 4) is 0 Å². The number of carbonyl (C=O) groups excluding carboxylic acids is 1. The van der Waals surface area contributed by atoms with Crippen molar-refractivity contribution in [3.63, 3.8) is 0 Å². The van der Waals surface area contributed by atoms with E-state index in [1.54, 1.807) is 0 Å². The molecule has 88 valence electrons. The van der Waals surface area contributed by atoms with Crippen LogP contribution in [-0.2, 0) is 11.2 Å². The molecule has 2 aromatic rings. The number of carbonyl (C=O) groups is 1. The van der Waals surface area contributed by atoms with E-state index in [1.807, 2.05) is 43.5 Å². The molecule has 2 rings (SSSR count). The first-order chi connectivity index (χ1) is 8.22. The molecule has 0 saturated carbocycles. The van der Waals surface area contributed by atoms with E-state index >= 15 is 0 Å². The lowest BCUT2D eigenvalue weighted by molar-refractivity contribution is 0.0599. The minimum absolute atomic E-state index is 0.283. The summed E-state index contributed by atoms with van der Waals surface area (Å²) >= 11 is 0. The lowest BCUT2D eigenvalue weighted by atomic mass is 10.0. The van der Waals surface area contributed by atoms with Gasteiger partial charge in [-0.1, -0.05) is 30.3 Å². The minimum Gasteiger partial charge on any atom is -0.465 e. The van der Waals surface area contributed by atoms with Crippen LogP contribution in [0.1, 0.15) is 27.2 Å². The van der Waals surface area contributed by atoms with Crippen LogP contribution in [0.4, 0.5) is 0 Å². The van der Waals surface area contributed by atoms with Crippen LogP contribution in [0.15, 0.2) is 36.5 Å². The molecule has 3 heteroatoms. The van der Waals surface area contributed by atoms with Crippen molar-refractivity contribution in [2.45, 2.75) is 13.3 Å². The Morgan fingerprint density at radius 3 is 2.65 bits per heavy atom. The summed E-state index contributed by atoms with van der Waals surface area (Å²) in [4.78, 5) is 14.7. The standard InChI is InChI=1S/C14H15NO2/c1-10-13(14(16)17-2)12(9-15-10)8-11-6-4-3-5-7-11/h3-7,9,15H,8H2,1-2H3. The fraction of sp³-hybridized carbons (Fsp3) is 0.214. The fourth-order valence-electron chi connectivity index (χ4n) is 1.92. The smallest absolute Gasteiger partial charge is 0.339 e. The third-order valence-corrected chi connectivity index (χ3v) is 2.79. The number of ether oxygens (including phenoxy) is 1. The van der Waals surface area contributed by atoms with Crippen LogP contribution in [0, 0.1) is 6.92 Å². The molecule has 1 aromatic heterocycles. The fourth-order valence-corrected chi connectivity index (χ4v) is 1.92. The maximum atomic E-state index is 11.7. The van der Waals surface area contributed by atoms with Gasteiger partial charge in [0.25, 0.3) is 0 Å². The van der Waals surface area contributed by atoms with Gasteiger partial charge in [-0.2, -0.15) is 0 Å². The highest BCUT2D eigenvalue weighted by atomic mass is 16.5. The van der Waals surface area contributed by atoms with Crippen LogP contribution in [0.5, 0.6) is 0 Å². The number of H-pyrrole nitrogens is 1. The van der Waals surface area contributed by atoms with Crippen LogP contribution in [-0.4, -0.2) is 18.1 Å². The van der Waals surface area contributed by atoms with Gasteiger partial charge < -0.3 is 9.72 Å². The number of aryl methyl sites for hydroxylation is 1. The molecule has 1 aromatic carbocycles. The predicted octanol–water partition coefficient (Wildman–Crippen LogP) is 2.70. The maximum absolute atomic E-state index is 11.7. The number of esters is 1. The summed E-state index contributed by atoms with van der Waals surface area (Å²) in [6.45, 7) is 1.88. The second-order valence-electron chi connectivity index (χ2n) is 3.97. The van der Waals surface area contributed by atoms with Gasteiger partial charge in [-0.05, 0) is 24.5 Å². The van der Waals surface area contributed by atoms with Crippen molar-refractivity contribution in [2.24, 2.45) is 0 Å². The zero-order valence-electron chi connectivity index (χ0n) is 9.99. The van der Waals surface area contributed by atoms with Crippen molar-refractivity contribution in [1.29, 1.82) is 0 Å². The zero-order chi connectivity index (χ0) is 12.3. The van der Waals surface area contributed by atoms with E-state index in [1.165, 1.54) is 12.7 Å². The molecular formula is C14H15NO2. The van der Waals surface area contributed by atoms with Crippen LogP contribution < -0.4 is 0 Å². The molecule has 0 radical (unpaired) electrons. The average molecular weight is 229 g/mol. The SMILES string of the molecule is COC(=O)c1c(Cc2ccccc2)c[nH]c1C. The molecule has 0 bridgehead atoms. The summed E-state index contributed by atoms with van der Waals surface area (Å²) in [6.07, 6.45) is 2.60. The summed E-state index contributed by atoms with van der Waals surface area (Å²) in [7, 11) is 1.40. The van der Waals surface area contributed by atoms with Crippen LogP contribution in [0.2, 0.25) is 0 Å². The summed E-state index contributed by atoms with van der Waals surface area (Å²) in [6, 6.07) is 10.1. The molecule has 3 nitrogen and oxygen atoms in total. The molecule has 0 aliphatic rings. The van der Waals surface area contributed by atoms with Gasteiger partial charge >= 0.3 is 5.97 Å². The van der Waals surface area contributed by atoms with Gasteiger partial charge in [-0.15, -0.1) is 0 Å². The Labute approximate surface area is 100 Å². The number of rotatable bonds is 3. The van der Waals surface area contributed by atoms with Gasteiger partial charge in [0.05, 0.1) is 12.7 Å². The first kappa shape index (κ1) is 11.5. The van der Waals surface area contributed by atoms with Crippen molar-refractivity contribution in [2.75, 3.05) is 7.11 Å². The summed E-state index contributed by atoms with van der Waals surface area (Å²) in [5, 5.41) is 0. The van der Waals surface area contributed by atoms with Crippen molar-refractivity contribution >= 4 is 5.97 Å². The van der Waals surface area contributed by atoms with Gasteiger partial charge in [-0.25, -0.2) is 4.79 Å². The molecule has 0 fully saturated rings. The summed E-state index contributed by atoms with van der Waals surface area (Å²) in [5.41, 5.74) is 3.65. The highest BCUT2D eigenvalue weighted by Gasteiger charge is 2.16. The van der Waals surface area contributed by atoms with E-state index in [-0.39, 0.29) is 5.97 Å². The van der Waals surface area contributed by atoms with E-state index in [2.05, 4.69) is 4.98 Å². The quantitative estimate of drug-likeness (QED) is 0.822. The number of aromatic nitrogens is 1. The molecule has 0 unspecified atom stereocenters. The van der Waals surface area contributed by atoms with Gasteiger partial charge in [0.2, 0.25) is 0 Å². The molecule has 0 atom stereocenters. The third kappa shape index (κ3) is 2.38. The third-order valence-electron chi connectivity index (χ3n) is 2.79. The highest BCUT2D eigenvalue weighted by molar-refractivity contribution is 5.92. The Balaban J connectivity index is 2.31. The summed E-state index contributed by atoms with van der Waals surface area (Å²) in [5.74, 6) is -0.283. The first-order valence-electron chi connectivity index (χ1n) is 5.51. The molecule has 0 spiro atoms. The van der Waals surface area contributed by atoms with Crippen molar-refractivity contribution < 1.29 is 9.53 Å². The largest absolute Gasteiger partial charge is 0.465 e. The van der Waals surface area contributed by atoms with Gasteiger partial charge in [0.15, 0.2) is 0 Å². The Morgan fingerprint density at radius 2 is 2.00 bits per heavy atom. The number of benzene rings is 1. The van der Waals surface area contributed by atoms with E-state index in [4.69, 9.17) is 4.74 Å². The Kier molecular flexibility index (Phi) is 3.28. The van der Waals surface area contributed by atoms with E-state index in [9.17, 15) is 4.79 Å². The van der Waals surface area contributed by atoms with E-state index < -0.39 is 0 Å². The Morgan fingerprint density at radius 1 is 1.29 bits per heavy atom. The summed E-state index contributed by atoms with van der Waals surface area (Å²) < 4.78 is 4.79. The molecule has 0 aliphatic heterocycles. The first-order valence-corrected chi connectivity index (χ1v) is 5.51. The molecule has 0 amide bonds. The lowest BCUT2D eigenvalue weighted by Crippen LogP contribution is -2.05. The van der Waals surface area contributed by atoms with Crippen LogP contribution in [0.3, 0.4) is 0 Å². The van der Waals surface area contributed by atoms with E-state index in [0.29, 0.717) is 5.56 Å². The Bertz CT molecular complexity index is 514. The molecule has 0 saturated heterocycles. The molecule has 1 heterocycles. The van der Waals surface area contributed by atoms with Crippen molar-refractivity contribution in [1.82, 2.24) is 4.98 Å². The van der Waals surface area contributed by atoms with Gasteiger partial charge in [0, 0.05) is 11.9 Å². The Hall–Kier alpha value is -2.03. The molecule has 0 aliphatic carbocycles. The zero-order valence-corrected chi connectivity index (χ0v) is 9.99. The average Bonchev–Trinajstić information content (AvgIpc) is 2.71. The maximum Gasteiger partial charge on any atom is 0.339 e. The predicted molar refractivity (Wildman–Crippen MR) is 66.1 cm³/mol. The number of methoxy groups -OCH3 is 1. The second-order valence-corrected chi connectivity index (χ2v) is 3.97. The number of hydrogen-bond acceptors (Lipinski definition) is 2. The minimum atomic E-state index is -0.283. The van der Waals surface area contributed by atoms with Crippen LogP contribution >= 0.6 is 0 Å². The highest BCUT2D eigenvalue weighted by Crippen LogP contribution is 2.18. The molecule has 17 heavy (non-hydrogen) atoms. The van der Waals surface area contributed by atoms with E-state index in [0.717, 1.165) is 17.7 Å². The number of aromatic amines is 1. The van der Waals surface area contributed by atoms with Gasteiger partial charge in [-0.3, -0.25) is 0 Å². The van der Waals surface area contributed by atoms with Crippen LogP contribution in [0.25, 0.3) is 0 Å². The topological polar surface area (TPSA) is 42.1 Å². The van der Waals surface area contributed by atoms with Gasteiger partial charge in [0.1, 0.15) is 0 Å². The molecular weight excluding hydrogens is 214 g/mol. The molecule has 1 N–H and O–H groups in total.